The summed E-state index contributed by atoms with van der Waals surface area (Å²) >= 11 is 8.39. The summed E-state index contributed by atoms with van der Waals surface area (Å²) in [5.41, 5.74) is 0.445. The van der Waals surface area contributed by atoms with E-state index in [0.29, 0.717) is 14.9 Å². The number of esters is 1. The first-order valence-corrected chi connectivity index (χ1v) is 7.58. The number of nitrogens with one attached hydrogen (secondary N) is 1. The Kier molecular flexibility index (Phi) is 4.94. The van der Waals surface area contributed by atoms with Crippen molar-refractivity contribution in [3.63, 3.8) is 0 Å². The van der Waals surface area contributed by atoms with Gasteiger partial charge in [0.2, 0.25) is 5.91 Å². The number of ether oxygens (including phenoxy) is 1. The lowest BCUT2D eigenvalue weighted by Crippen LogP contribution is -2.10. The van der Waals surface area contributed by atoms with Gasteiger partial charge in [-0.05, 0) is 29.7 Å². The van der Waals surface area contributed by atoms with Crippen LogP contribution in [0.3, 0.4) is 0 Å². The molecule has 0 radical (unpaired) electrons. The van der Waals surface area contributed by atoms with Crippen molar-refractivity contribution in [2.75, 3.05) is 12.4 Å². The molecular formula is C13H10ClNO3S2. The minimum Gasteiger partial charge on any atom is -0.465 e. The second-order valence-corrected chi connectivity index (χ2v) is 6.28. The molecule has 4 nitrogen and oxygen atoms in total. The van der Waals surface area contributed by atoms with Crippen LogP contribution in [0.2, 0.25) is 4.34 Å². The molecule has 2 aromatic rings. The molecule has 2 rings (SSSR count). The smallest absolute Gasteiger partial charge is 0.350 e. The fourth-order valence-electron chi connectivity index (χ4n) is 1.41. The molecule has 0 saturated heterocycles. The minimum absolute atomic E-state index is 0.321. The number of halogens is 1. The van der Waals surface area contributed by atoms with Crippen molar-refractivity contribution in [2.45, 2.75) is 0 Å². The van der Waals surface area contributed by atoms with Crippen molar-refractivity contribution < 1.29 is 14.3 Å². The van der Waals surface area contributed by atoms with Crippen LogP contribution < -0.4 is 5.32 Å². The Bertz CT molecular complexity index is 660. The molecule has 0 atom stereocenters. The highest BCUT2D eigenvalue weighted by Gasteiger charge is 2.14. The molecular weight excluding hydrogens is 318 g/mol. The first-order chi connectivity index (χ1) is 9.60. The maximum absolute atomic E-state index is 11.8. The van der Waals surface area contributed by atoms with Crippen LogP contribution in [0.4, 0.5) is 5.69 Å². The first-order valence-electron chi connectivity index (χ1n) is 5.50. The van der Waals surface area contributed by atoms with E-state index in [1.807, 2.05) is 6.07 Å². The number of anilines is 1. The summed E-state index contributed by atoms with van der Waals surface area (Å²) in [7, 11) is 1.30. The van der Waals surface area contributed by atoms with Crippen LogP contribution in [-0.2, 0) is 9.53 Å². The largest absolute Gasteiger partial charge is 0.465 e. The quantitative estimate of drug-likeness (QED) is 0.684. The lowest BCUT2D eigenvalue weighted by Gasteiger charge is -2.02. The number of carbonyl (C=O) groups excluding carboxylic acids is 2. The molecule has 1 amide bonds. The van der Waals surface area contributed by atoms with E-state index in [1.165, 1.54) is 35.9 Å². The summed E-state index contributed by atoms with van der Waals surface area (Å²) in [5, 5.41) is 4.35. The van der Waals surface area contributed by atoms with Gasteiger partial charge >= 0.3 is 5.97 Å². The van der Waals surface area contributed by atoms with Crippen molar-refractivity contribution in [2.24, 2.45) is 0 Å². The van der Waals surface area contributed by atoms with Crippen molar-refractivity contribution in [3.8, 4) is 0 Å². The van der Waals surface area contributed by atoms with Crippen molar-refractivity contribution in [1.82, 2.24) is 0 Å². The van der Waals surface area contributed by atoms with E-state index in [4.69, 9.17) is 11.6 Å². The molecule has 0 unspecified atom stereocenters. The van der Waals surface area contributed by atoms with Crippen molar-refractivity contribution >= 4 is 57.9 Å². The number of thiophene rings is 2. The summed E-state index contributed by atoms with van der Waals surface area (Å²) in [6, 6.07) is 5.24. The lowest BCUT2D eigenvalue weighted by atomic mass is 10.3. The maximum atomic E-state index is 11.8. The normalized spacial score (nSPS) is 10.7. The Hall–Kier alpha value is -1.63. The molecule has 1 N–H and O–H groups in total. The summed E-state index contributed by atoms with van der Waals surface area (Å²) in [5.74, 6) is -0.789. The standard InChI is InChI=1S/C13H10ClNO3S2/c1-18-13(17)12-9(6-7-19-12)15-11(16)5-3-8-2-4-10(14)20-8/h2-7H,1H3,(H,15,16)/b5-3+. The molecule has 2 aromatic heterocycles. The fourth-order valence-corrected chi connectivity index (χ4v) is 3.14. The van der Waals surface area contributed by atoms with Crippen molar-refractivity contribution in [3.05, 3.63) is 43.7 Å². The SMILES string of the molecule is COC(=O)c1sccc1NC(=O)/C=C/c1ccc(Cl)s1. The summed E-state index contributed by atoms with van der Waals surface area (Å²) in [6.07, 6.45) is 3.05. The Morgan fingerprint density at radius 1 is 1.35 bits per heavy atom. The highest BCUT2D eigenvalue weighted by Crippen LogP contribution is 2.24. The Labute approximate surface area is 128 Å². The monoisotopic (exact) mass is 327 g/mol. The first kappa shape index (κ1) is 14.8. The molecule has 104 valence electrons. The molecule has 0 saturated carbocycles. The van der Waals surface area contributed by atoms with Gasteiger partial charge in [0.1, 0.15) is 4.88 Å². The van der Waals surface area contributed by atoms with Gasteiger partial charge in [0.05, 0.1) is 17.1 Å². The maximum Gasteiger partial charge on any atom is 0.350 e. The molecule has 2 heterocycles. The van der Waals surface area contributed by atoms with E-state index < -0.39 is 5.97 Å². The van der Waals surface area contributed by atoms with Gasteiger partial charge < -0.3 is 10.1 Å². The van der Waals surface area contributed by atoms with Crippen LogP contribution in [0.1, 0.15) is 14.5 Å². The second kappa shape index (κ2) is 6.69. The second-order valence-electron chi connectivity index (χ2n) is 3.62. The van der Waals surface area contributed by atoms with Gasteiger partial charge in [0.25, 0.3) is 0 Å². The highest BCUT2D eigenvalue weighted by molar-refractivity contribution is 7.17. The predicted octanol–water partition coefficient (Wildman–Crippen LogP) is 3.90. The van der Waals surface area contributed by atoms with E-state index >= 15 is 0 Å². The van der Waals surface area contributed by atoms with Crippen LogP contribution >= 0.6 is 34.3 Å². The lowest BCUT2D eigenvalue weighted by molar-refractivity contribution is -0.111. The number of hydrogen-bond acceptors (Lipinski definition) is 5. The third-order valence-electron chi connectivity index (χ3n) is 2.29. The van der Waals surface area contributed by atoms with Gasteiger partial charge in [-0.15, -0.1) is 22.7 Å². The zero-order valence-corrected chi connectivity index (χ0v) is 12.8. The predicted molar refractivity (Wildman–Crippen MR) is 82.7 cm³/mol. The van der Waals surface area contributed by atoms with Crippen LogP contribution in [-0.4, -0.2) is 19.0 Å². The number of hydrogen-bond donors (Lipinski definition) is 1. The van der Waals surface area contributed by atoms with Crippen molar-refractivity contribution in [1.29, 1.82) is 0 Å². The van der Waals surface area contributed by atoms with E-state index in [-0.39, 0.29) is 5.91 Å². The van der Waals surface area contributed by atoms with E-state index in [9.17, 15) is 9.59 Å². The van der Waals surface area contributed by atoms with Gasteiger partial charge in [-0.2, -0.15) is 0 Å². The van der Waals surface area contributed by atoms with Gasteiger partial charge in [-0.25, -0.2) is 4.79 Å². The third-order valence-corrected chi connectivity index (χ3v) is 4.38. The molecule has 0 aromatic carbocycles. The van der Waals surface area contributed by atoms with E-state index in [0.717, 1.165) is 4.88 Å². The number of methoxy groups -OCH3 is 1. The third kappa shape index (κ3) is 3.69. The Morgan fingerprint density at radius 3 is 2.80 bits per heavy atom. The summed E-state index contributed by atoms with van der Waals surface area (Å²) in [6.45, 7) is 0. The number of rotatable bonds is 4. The summed E-state index contributed by atoms with van der Waals surface area (Å²) in [4.78, 5) is 24.5. The molecule has 0 aliphatic rings. The van der Waals surface area contributed by atoms with Crippen LogP contribution in [0.15, 0.2) is 29.7 Å². The van der Waals surface area contributed by atoms with Gasteiger partial charge in [0, 0.05) is 11.0 Å². The highest BCUT2D eigenvalue weighted by atomic mass is 35.5. The molecule has 20 heavy (non-hydrogen) atoms. The Balaban J connectivity index is 2.03. The molecule has 0 spiro atoms. The van der Waals surface area contributed by atoms with E-state index in [1.54, 1.807) is 23.6 Å². The zero-order chi connectivity index (χ0) is 14.5. The van der Waals surface area contributed by atoms with Gasteiger partial charge in [-0.3, -0.25) is 4.79 Å². The molecule has 0 bridgehead atoms. The number of carbonyl (C=O) groups is 2. The average Bonchev–Trinajstić information content (AvgIpc) is 3.04. The van der Waals surface area contributed by atoms with Crippen LogP contribution in [0.25, 0.3) is 6.08 Å². The number of amides is 1. The average molecular weight is 328 g/mol. The molecule has 0 aliphatic carbocycles. The van der Waals surface area contributed by atoms with E-state index in [2.05, 4.69) is 10.1 Å². The fraction of sp³-hybridized carbons (Fsp3) is 0.0769. The zero-order valence-electron chi connectivity index (χ0n) is 10.4. The van der Waals surface area contributed by atoms with Gasteiger partial charge in [0.15, 0.2) is 0 Å². The Morgan fingerprint density at radius 2 is 2.15 bits per heavy atom. The summed E-state index contributed by atoms with van der Waals surface area (Å²) < 4.78 is 5.30. The minimum atomic E-state index is -0.468. The topological polar surface area (TPSA) is 55.4 Å². The van der Waals surface area contributed by atoms with Crippen LogP contribution in [0, 0.1) is 0 Å². The van der Waals surface area contributed by atoms with Crippen LogP contribution in [0.5, 0.6) is 0 Å². The molecule has 0 fully saturated rings. The molecule has 7 heteroatoms. The van der Waals surface area contributed by atoms with Gasteiger partial charge in [-0.1, -0.05) is 11.6 Å². The molecule has 0 aliphatic heterocycles.